The molecule has 1 N–H and O–H groups in total. The lowest BCUT2D eigenvalue weighted by Crippen LogP contribution is -2.21. The number of esters is 1. The Hall–Kier alpha value is -4.01. The van der Waals surface area contributed by atoms with E-state index in [1.165, 1.54) is 36.5 Å². The Morgan fingerprint density at radius 3 is 2.43 bits per heavy atom. The minimum Gasteiger partial charge on any atom is -0.455 e. The van der Waals surface area contributed by atoms with Gasteiger partial charge in [-0.25, -0.2) is 4.79 Å². The van der Waals surface area contributed by atoms with Crippen LogP contribution in [0, 0.1) is 0 Å². The average Bonchev–Trinajstić information content (AvgIpc) is 2.74. The predicted molar refractivity (Wildman–Crippen MR) is 103 cm³/mol. The number of hydrogen-bond acceptors (Lipinski definition) is 6. The van der Waals surface area contributed by atoms with Crippen LogP contribution in [-0.4, -0.2) is 30.1 Å². The maximum Gasteiger partial charge on any atom is 0.387 e. The molecular weight excluding hydrogens is 398 g/mol. The van der Waals surface area contributed by atoms with Gasteiger partial charge in [-0.1, -0.05) is 12.1 Å². The molecule has 0 aliphatic carbocycles. The highest BCUT2D eigenvalue weighted by molar-refractivity contribution is 5.96. The number of pyridine rings is 1. The van der Waals surface area contributed by atoms with Crippen LogP contribution in [-0.2, 0) is 9.53 Å². The van der Waals surface area contributed by atoms with Crippen LogP contribution in [0.1, 0.15) is 10.4 Å². The maximum absolute atomic E-state index is 12.4. The molecule has 0 bridgehead atoms. The molecule has 30 heavy (non-hydrogen) atoms. The summed E-state index contributed by atoms with van der Waals surface area (Å²) in [7, 11) is 0. The standard InChI is InChI=1S/C21H16F2N2O5/c22-21(23)30-15-9-7-14(8-10-15)25-19(26)13-28-20(27)17-5-1-2-6-18(17)29-16-4-3-11-24-12-16/h1-12,21H,13H2,(H,25,26). The second-order valence-electron chi connectivity index (χ2n) is 5.81. The number of aromatic nitrogens is 1. The van der Waals surface area contributed by atoms with Crippen molar-refractivity contribution in [3.8, 4) is 17.2 Å². The summed E-state index contributed by atoms with van der Waals surface area (Å²) in [6.07, 6.45) is 3.08. The van der Waals surface area contributed by atoms with Crippen molar-refractivity contribution in [3.05, 3.63) is 78.6 Å². The number of nitrogens with zero attached hydrogens (tertiary/aromatic N) is 1. The third-order valence-electron chi connectivity index (χ3n) is 3.67. The van der Waals surface area contributed by atoms with E-state index in [0.29, 0.717) is 11.4 Å². The Kier molecular flexibility index (Phi) is 6.88. The fraction of sp³-hybridized carbons (Fsp3) is 0.0952. The molecule has 0 aliphatic rings. The van der Waals surface area contributed by atoms with Crippen LogP contribution >= 0.6 is 0 Å². The Balaban J connectivity index is 1.56. The summed E-state index contributed by atoms with van der Waals surface area (Å²) >= 11 is 0. The summed E-state index contributed by atoms with van der Waals surface area (Å²) in [5.74, 6) is -0.693. The van der Waals surface area contributed by atoms with Crippen LogP contribution < -0.4 is 14.8 Å². The van der Waals surface area contributed by atoms with Gasteiger partial charge in [-0.3, -0.25) is 9.78 Å². The summed E-state index contributed by atoms with van der Waals surface area (Å²) in [6.45, 7) is -3.48. The quantitative estimate of drug-likeness (QED) is 0.554. The van der Waals surface area contributed by atoms with Gasteiger partial charge < -0.3 is 19.5 Å². The van der Waals surface area contributed by atoms with Crippen LogP contribution in [0.3, 0.4) is 0 Å². The van der Waals surface area contributed by atoms with Crippen LogP contribution in [0.5, 0.6) is 17.2 Å². The molecule has 0 radical (unpaired) electrons. The molecule has 2 aromatic carbocycles. The third kappa shape index (κ3) is 5.99. The smallest absolute Gasteiger partial charge is 0.387 e. The van der Waals surface area contributed by atoms with Crippen molar-refractivity contribution in [2.24, 2.45) is 0 Å². The lowest BCUT2D eigenvalue weighted by Gasteiger charge is -2.11. The molecule has 1 aromatic heterocycles. The van der Waals surface area contributed by atoms with E-state index >= 15 is 0 Å². The molecule has 3 rings (SSSR count). The van der Waals surface area contributed by atoms with Gasteiger partial charge in [0.05, 0.1) is 6.20 Å². The Morgan fingerprint density at radius 2 is 1.73 bits per heavy atom. The Morgan fingerprint density at radius 1 is 0.967 bits per heavy atom. The maximum atomic E-state index is 12.4. The number of carbonyl (C=O) groups excluding carboxylic acids is 2. The first-order valence-corrected chi connectivity index (χ1v) is 8.70. The Bertz CT molecular complexity index is 998. The normalized spacial score (nSPS) is 10.4. The number of rotatable bonds is 8. The number of alkyl halides is 2. The fourth-order valence-corrected chi connectivity index (χ4v) is 2.38. The molecule has 0 saturated carbocycles. The SMILES string of the molecule is O=C(COC(=O)c1ccccc1Oc1cccnc1)Nc1ccc(OC(F)F)cc1. The molecule has 9 heteroatoms. The molecule has 1 amide bonds. The third-order valence-corrected chi connectivity index (χ3v) is 3.67. The number of para-hydroxylation sites is 1. The van der Waals surface area contributed by atoms with Crippen molar-refractivity contribution in [3.63, 3.8) is 0 Å². The lowest BCUT2D eigenvalue weighted by atomic mass is 10.2. The van der Waals surface area contributed by atoms with E-state index in [4.69, 9.17) is 9.47 Å². The number of anilines is 1. The van der Waals surface area contributed by atoms with E-state index < -0.39 is 25.1 Å². The Labute approximate surface area is 170 Å². The van der Waals surface area contributed by atoms with Crippen molar-refractivity contribution >= 4 is 17.6 Å². The summed E-state index contributed by atoms with van der Waals surface area (Å²) in [5, 5.41) is 2.49. The first-order chi connectivity index (χ1) is 14.5. The zero-order chi connectivity index (χ0) is 21.3. The first kappa shape index (κ1) is 20.7. The first-order valence-electron chi connectivity index (χ1n) is 8.70. The number of carbonyl (C=O) groups is 2. The van der Waals surface area contributed by atoms with E-state index in [9.17, 15) is 18.4 Å². The second kappa shape index (κ2) is 9.97. The molecular formula is C21H16F2N2O5. The summed E-state index contributed by atoms with van der Waals surface area (Å²) in [6, 6.07) is 15.1. The van der Waals surface area contributed by atoms with E-state index in [-0.39, 0.29) is 17.1 Å². The monoisotopic (exact) mass is 414 g/mol. The number of amides is 1. The summed E-state index contributed by atoms with van der Waals surface area (Å²) in [4.78, 5) is 28.3. The lowest BCUT2D eigenvalue weighted by molar-refractivity contribution is -0.119. The van der Waals surface area contributed by atoms with Gasteiger partial charge in [-0.15, -0.1) is 0 Å². The molecule has 0 atom stereocenters. The summed E-state index contributed by atoms with van der Waals surface area (Å²) < 4.78 is 39.2. The average molecular weight is 414 g/mol. The molecule has 3 aromatic rings. The van der Waals surface area contributed by atoms with Gasteiger partial charge in [-0.05, 0) is 48.5 Å². The van der Waals surface area contributed by atoms with E-state index in [1.54, 1.807) is 36.5 Å². The molecule has 0 aliphatic heterocycles. The van der Waals surface area contributed by atoms with Gasteiger partial charge in [0, 0.05) is 11.9 Å². The molecule has 7 nitrogen and oxygen atoms in total. The van der Waals surface area contributed by atoms with E-state index in [1.807, 2.05) is 0 Å². The minimum absolute atomic E-state index is 0.0420. The van der Waals surface area contributed by atoms with E-state index in [2.05, 4.69) is 15.0 Å². The number of benzene rings is 2. The molecule has 0 spiro atoms. The van der Waals surface area contributed by atoms with Crippen molar-refractivity contribution in [2.45, 2.75) is 6.61 Å². The molecule has 0 saturated heterocycles. The largest absolute Gasteiger partial charge is 0.455 e. The number of hydrogen-bond donors (Lipinski definition) is 1. The van der Waals surface area contributed by atoms with Crippen LogP contribution in [0.15, 0.2) is 73.1 Å². The second-order valence-corrected chi connectivity index (χ2v) is 5.81. The van der Waals surface area contributed by atoms with Gasteiger partial charge >= 0.3 is 12.6 Å². The number of nitrogens with one attached hydrogen (secondary N) is 1. The minimum atomic E-state index is -2.94. The highest BCUT2D eigenvalue weighted by atomic mass is 19.3. The van der Waals surface area contributed by atoms with Crippen molar-refractivity contribution in [2.75, 3.05) is 11.9 Å². The molecule has 1 heterocycles. The van der Waals surface area contributed by atoms with Crippen molar-refractivity contribution in [1.29, 1.82) is 0 Å². The topological polar surface area (TPSA) is 86.8 Å². The van der Waals surface area contributed by atoms with Gasteiger partial charge in [0.1, 0.15) is 22.8 Å². The van der Waals surface area contributed by atoms with Crippen LogP contribution in [0.2, 0.25) is 0 Å². The fourth-order valence-electron chi connectivity index (χ4n) is 2.38. The van der Waals surface area contributed by atoms with E-state index in [0.717, 1.165) is 0 Å². The van der Waals surface area contributed by atoms with Gasteiger partial charge in [-0.2, -0.15) is 8.78 Å². The highest BCUT2D eigenvalue weighted by Crippen LogP contribution is 2.25. The molecule has 154 valence electrons. The van der Waals surface area contributed by atoms with Crippen molar-refractivity contribution in [1.82, 2.24) is 4.98 Å². The van der Waals surface area contributed by atoms with Crippen LogP contribution in [0.4, 0.5) is 14.5 Å². The van der Waals surface area contributed by atoms with Gasteiger partial charge in [0.25, 0.3) is 5.91 Å². The molecule has 0 unspecified atom stereocenters. The highest BCUT2D eigenvalue weighted by Gasteiger charge is 2.16. The van der Waals surface area contributed by atoms with Gasteiger partial charge in [0.15, 0.2) is 6.61 Å². The number of halogens is 2. The predicted octanol–water partition coefficient (Wildman–Crippen LogP) is 4.27. The molecule has 0 fully saturated rings. The van der Waals surface area contributed by atoms with Crippen molar-refractivity contribution < 1.29 is 32.6 Å². The number of ether oxygens (including phenoxy) is 3. The zero-order valence-electron chi connectivity index (χ0n) is 15.5. The van der Waals surface area contributed by atoms with Crippen LogP contribution in [0.25, 0.3) is 0 Å². The zero-order valence-corrected chi connectivity index (χ0v) is 15.5. The van der Waals surface area contributed by atoms with Gasteiger partial charge in [0.2, 0.25) is 0 Å². The summed E-state index contributed by atoms with van der Waals surface area (Å²) in [5.41, 5.74) is 0.473.